The molecule has 39 heavy (non-hydrogen) atoms. The molecule has 0 unspecified atom stereocenters. The van der Waals surface area contributed by atoms with E-state index in [1.54, 1.807) is 38.6 Å². The van der Waals surface area contributed by atoms with E-state index in [4.69, 9.17) is 4.99 Å². The van der Waals surface area contributed by atoms with Crippen LogP contribution in [0.5, 0.6) is 5.88 Å². The first-order chi connectivity index (χ1) is 18.8. The highest BCUT2D eigenvalue weighted by Crippen LogP contribution is 2.34. The summed E-state index contributed by atoms with van der Waals surface area (Å²) in [5.41, 5.74) is 5.88. The molecular weight excluding hydrogens is 488 g/mol. The summed E-state index contributed by atoms with van der Waals surface area (Å²) in [6.07, 6.45) is 3.56. The van der Waals surface area contributed by atoms with E-state index in [0.717, 1.165) is 27.6 Å². The molecule has 5 aromatic rings. The van der Waals surface area contributed by atoms with Crippen molar-refractivity contribution in [3.05, 3.63) is 102 Å². The van der Waals surface area contributed by atoms with Gasteiger partial charge in [-0.15, -0.1) is 0 Å². The zero-order valence-electron chi connectivity index (χ0n) is 22.3. The monoisotopic (exact) mass is 518 g/mol. The Labute approximate surface area is 227 Å². The van der Waals surface area contributed by atoms with E-state index in [0.29, 0.717) is 28.5 Å². The van der Waals surface area contributed by atoms with Gasteiger partial charge in [0, 0.05) is 60.1 Å². The Bertz CT molecular complexity index is 1640. The minimum absolute atomic E-state index is 0.0249. The van der Waals surface area contributed by atoms with Gasteiger partial charge >= 0.3 is 0 Å². The maximum atomic E-state index is 12.3. The molecular formula is C31H30N6O2. The van der Waals surface area contributed by atoms with E-state index in [-0.39, 0.29) is 17.8 Å². The molecule has 0 aliphatic rings. The van der Waals surface area contributed by atoms with Crippen LogP contribution in [0.25, 0.3) is 22.0 Å². The molecule has 0 atom stereocenters. The van der Waals surface area contributed by atoms with Crippen LogP contribution in [0.1, 0.15) is 35.3 Å². The van der Waals surface area contributed by atoms with Gasteiger partial charge in [-0.05, 0) is 49.7 Å². The van der Waals surface area contributed by atoms with Crippen molar-refractivity contribution >= 4 is 34.2 Å². The number of carbonyl (C=O) groups is 1. The van der Waals surface area contributed by atoms with Crippen LogP contribution in [-0.2, 0) is 0 Å². The van der Waals surface area contributed by atoms with Crippen LogP contribution < -0.4 is 5.32 Å². The lowest BCUT2D eigenvalue weighted by molar-refractivity contribution is 0.0827. The summed E-state index contributed by atoms with van der Waals surface area (Å²) in [4.78, 5) is 30.7. The maximum Gasteiger partial charge on any atom is 0.253 e. The lowest BCUT2D eigenvalue weighted by Gasteiger charge is -2.11. The molecule has 5 rings (SSSR count). The minimum Gasteiger partial charge on any atom is -0.494 e. The lowest BCUT2D eigenvalue weighted by Crippen LogP contribution is -2.21. The fraction of sp³-hybridized carbons (Fsp3) is 0.161. The van der Waals surface area contributed by atoms with Crippen molar-refractivity contribution in [1.29, 1.82) is 0 Å². The Hall–Kier alpha value is -4.98. The van der Waals surface area contributed by atoms with E-state index >= 15 is 0 Å². The van der Waals surface area contributed by atoms with Gasteiger partial charge in [0.2, 0.25) is 5.95 Å². The van der Waals surface area contributed by atoms with Crippen LogP contribution in [-0.4, -0.2) is 56.7 Å². The zero-order chi connectivity index (χ0) is 27.5. The fourth-order valence-corrected chi connectivity index (χ4v) is 4.34. The second-order valence-electron chi connectivity index (χ2n) is 9.78. The lowest BCUT2D eigenvalue weighted by atomic mass is 9.99. The highest BCUT2D eigenvalue weighted by Gasteiger charge is 2.19. The quantitative estimate of drug-likeness (QED) is 0.228. The molecule has 0 spiro atoms. The number of nitrogens with zero attached hydrogens (tertiary/aromatic N) is 4. The summed E-state index contributed by atoms with van der Waals surface area (Å²) < 4.78 is 0. The van der Waals surface area contributed by atoms with E-state index in [1.165, 1.54) is 4.90 Å². The third kappa shape index (κ3) is 5.50. The molecule has 8 heteroatoms. The van der Waals surface area contributed by atoms with Gasteiger partial charge in [-0.1, -0.05) is 42.5 Å². The Morgan fingerprint density at radius 3 is 2.26 bits per heavy atom. The van der Waals surface area contributed by atoms with Crippen molar-refractivity contribution in [2.45, 2.75) is 19.9 Å². The smallest absolute Gasteiger partial charge is 0.253 e. The molecule has 3 N–H and O–H groups in total. The highest BCUT2D eigenvalue weighted by molar-refractivity contribution is 6.22. The minimum atomic E-state index is -0.0740. The Kier molecular flexibility index (Phi) is 7.10. The highest BCUT2D eigenvalue weighted by atomic mass is 16.3. The summed E-state index contributed by atoms with van der Waals surface area (Å²) in [6, 6.07) is 23.0. The Morgan fingerprint density at radius 2 is 1.62 bits per heavy atom. The number of aliphatic imine (C=N–C) groups is 1. The number of amides is 1. The van der Waals surface area contributed by atoms with Crippen LogP contribution in [0, 0.1) is 0 Å². The summed E-state index contributed by atoms with van der Waals surface area (Å²) in [7, 11) is 3.44. The molecule has 0 radical (unpaired) electrons. The van der Waals surface area contributed by atoms with Crippen molar-refractivity contribution in [3.63, 3.8) is 0 Å². The summed E-state index contributed by atoms with van der Waals surface area (Å²) >= 11 is 0. The van der Waals surface area contributed by atoms with E-state index in [2.05, 4.69) is 20.3 Å². The summed E-state index contributed by atoms with van der Waals surface area (Å²) in [5.74, 6) is 0.532. The second-order valence-corrected chi connectivity index (χ2v) is 9.78. The number of benzene rings is 3. The molecule has 2 aromatic heterocycles. The van der Waals surface area contributed by atoms with Crippen LogP contribution in [0.3, 0.4) is 0 Å². The van der Waals surface area contributed by atoms with Crippen molar-refractivity contribution < 1.29 is 9.90 Å². The number of H-pyrrole nitrogens is 1. The van der Waals surface area contributed by atoms with E-state index < -0.39 is 0 Å². The third-order valence-corrected chi connectivity index (χ3v) is 6.23. The van der Waals surface area contributed by atoms with Crippen molar-refractivity contribution in [1.82, 2.24) is 19.9 Å². The number of fused-ring (bicyclic) bond motifs is 1. The van der Waals surface area contributed by atoms with Crippen LogP contribution in [0.2, 0.25) is 0 Å². The van der Waals surface area contributed by atoms with Gasteiger partial charge in [-0.2, -0.15) is 0 Å². The molecule has 2 heterocycles. The van der Waals surface area contributed by atoms with Crippen molar-refractivity contribution in [3.8, 4) is 17.0 Å². The molecule has 0 bridgehead atoms. The van der Waals surface area contributed by atoms with Crippen LogP contribution in [0.15, 0.2) is 90.2 Å². The normalized spacial score (nSPS) is 11.7. The second kappa shape index (κ2) is 10.8. The first-order valence-electron chi connectivity index (χ1n) is 12.7. The zero-order valence-corrected chi connectivity index (χ0v) is 22.3. The average molecular weight is 519 g/mol. The molecule has 1 amide bonds. The number of rotatable bonds is 7. The number of hydrogen-bond donors (Lipinski definition) is 3. The number of carbonyl (C=O) groups excluding carboxylic acids is 1. The number of aromatic nitrogens is 3. The van der Waals surface area contributed by atoms with Gasteiger partial charge in [-0.25, -0.2) is 15.0 Å². The molecule has 0 aliphatic carbocycles. The Balaban J connectivity index is 1.56. The predicted molar refractivity (Wildman–Crippen MR) is 156 cm³/mol. The third-order valence-electron chi connectivity index (χ3n) is 6.23. The molecule has 0 saturated carbocycles. The van der Waals surface area contributed by atoms with Crippen molar-refractivity contribution in [2.24, 2.45) is 4.99 Å². The Morgan fingerprint density at radius 1 is 0.923 bits per heavy atom. The van der Waals surface area contributed by atoms with E-state index in [1.807, 2.05) is 74.5 Å². The number of hydrogen-bond acceptors (Lipinski definition) is 6. The maximum absolute atomic E-state index is 12.3. The predicted octanol–water partition coefficient (Wildman–Crippen LogP) is 6.02. The average Bonchev–Trinajstić information content (AvgIpc) is 3.26. The van der Waals surface area contributed by atoms with Crippen molar-refractivity contribution in [2.75, 3.05) is 19.4 Å². The molecule has 0 saturated heterocycles. The number of anilines is 1. The molecule has 196 valence electrons. The number of nitrogens with one attached hydrogen (secondary N) is 2. The van der Waals surface area contributed by atoms with Gasteiger partial charge in [-0.3, -0.25) is 4.79 Å². The largest absolute Gasteiger partial charge is 0.494 e. The van der Waals surface area contributed by atoms with E-state index in [9.17, 15) is 9.90 Å². The van der Waals surface area contributed by atoms with Crippen LogP contribution >= 0.6 is 0 Å². The van der Waals surface area contributed by atoms with Gasteiger partial charge in [0.1, 0.15) is 0 Å². The molecule has 8 nitrogen and oxygen atoms in total. The standard InChI is InChI=1S/C31H30N6O2/c1-19(2)34-31-32-17-23(18-33-31)22-12-15-25-26(16-22)36-29(38)27(25)28(20-8-6-5-7-9-20)35-24-13-10-21(11-14-24)30(39)37(3)4/h5-19,36,38H,1-4H3,(H,32,33,34). The summed E-state index contributed by atoms with van der Waals surface area (Å²) in [6.45, 7) is 4.07. The first-order valence-corrected chi connectivity index (χ1v) is 12.7. The molecule has 0 aliphatic heterocycles. The van der Waals surface area contributed by atoms with Crippen LogP contribution in [0.4, 0.5) is 11.6 Å². The van der Waals surface area contributed by atoms with Gasteiger partial charge in [0.25, 0.3) is 5.91 Å². The summed E-state index contributed by atoms with van der Waals surface area (Å²) in [5, 5.41) is 15.1. The van der Waals surface area contributed by atoms with Gasteiger partial charge in [0.15, 0.2) is 5.88 Å². The topological polar surface area (TPSA) is 107 Å². The van der Waals surface area contributed by atoms with Gasteiger partial charge in [0.05, 0.1) is 17.0 Å². The molecule has 0 fully saturated rings. The fourth-order valence-electron chi connectivity index (χ4n) is 4.34. The molecule has 3 aromatic carbocycles. The SMILES string of the molecule is CC(C)Nc1ncc(-c2ccc3c(C(=Nc4ccc(C(=O)N(C)C)cc4)c4ccccc4)c(O)[nH]c3c2)cn1. The number of aromatic amines is 1. The first kappa shape index (κ1) is 25.7. The number of aromatic hydroxyl groups is 1. The van der Waals surface area contributed by atoms with Gasteiger partial charge < -0.3 is 20.3 Å².